The maximum atomic E-state index is 13.9. The number of aromatic nitrogens is 2. The summed E-state index contributed by atoms with van der Waals surface area (Å²) >= 11 is 0. The van der Waals surface area contributed by atoms with Crippen molar-refractivity contribution in [2.24, 2.45) is 0 Å². The Kier molecular flexibility index (Phi) is 3.94. The molecule has 0 amide bonds. The van der Waals surface area contributed by atoms with Gasteiger partial charge >= 0.3 is 0 Å². The molecule has 2 aromatic heterocycles. The number of aryl methyl sites for hydroxylation is 2. The SMILES string of the molecule is CCc1c(C)nc2c(OCc3c(F)cccc3F)cc(C3CC3)cn12. The van der Waals surface area contributed by atoms with Crippen molar-refractivity contribution in [3.63, 3.8) is 0 Å². The van der Waals surface area contributed by atoms with Gasteiger partial charge in [-0.3, -0.25) is 0 Å². The molecule has 0 unspecified atom stereocenters. The normalized spacial score (nSPS) is 14.2. The Morgan fingerprint density at radius 1 is 1.24 bits per heavy atom. The maximum absolute atomic E-state index is 13.9. The first kappa shape index (κ1) is 16.1. The summed E-state index contributed by atoms with van der Waals surface area (Å²) in [6.45, 7) is 3.91. The number of fused-ring (bicyclic) bond motifs is 1. The van der Waals surface area contributed by atoms with Crippen LogP contribution in [-0.4, -0.2) is 9.38 Å². The van der Waals surface area contributed by atoms with Gasteiger partial charge in [0.25, 0.3) is 0 Å². The molecular weight excluding hydrogens is 322 g/mol. The van der Waals surface area contributed by atoms with Gasteiger partial charge in [-0.05, 0) is 55.9 Å². The number of benzene rings is 1. The quantitative estimate of drug-likeness (QED) is 0.656. The number of hydrogen-bond donors (Lipinski definition) is 0. The van der Waals surface area contributed by atoms with Gasteiger partial charge in [0, 0.05) is 11.9 Å². The summed E-state index contributed by atoms with van der Waals surface area (Å²) in [6.07, 6.45) is 5.33. The monoisotopic (exact) mass is 342 g/mol. The molecule has 1 aliphatic rings. The smallest absolute Gasteiger partial charge is 0.180 e. The van der Waals surface area contributed by atoms with Crippen LogP contribution in [0.5, 0.6) is 5.75 Å². The lowest BCUT2D eigenvalue weighted by Gasteiger charge is -2.12. The summed E-state index contributed by atoms with van der Waals surface area (Å²) in [7, 11) is 0. The molecule has 4 rings (SSSR count). The highest BCUT2D eigenvalue weighted by Gasteiger charge is 2.26. The Labute approximate surface area is 145 Å². The van der Waals surface area contributed by atoms with Gasteiger partial charge in [-0.25, -0.2) is 13.8 Å². The average molecular weight is 342 g/mol. The maximum Gasteiger partial charge on any atom is 0.180 e. The number of halogens is 2. The van der Waals surface area contributed by atoms with E-state index < -0.39 is 11.6 Å². The minimum absolute atomic E-state index is 0.0588. The van der Waals surface area contributed by atoms with E-state index in [1.165, 1.54) is 36.6 Å². The van der Waals surface area contributed by atoms with Gasteiger partial charge in [-0.1, -0.05) is 13.0 Å². The van der Waals surface area contributed by atoms with Gasteiger partial charge < -0.3 is 9.14 Å². The number of rotatable bonds is 5. The molecule has 1 aromatic carbocycles. The van der Waals surface area contributed by atoms with E-state index >= 15 is 0 Å². The molecule has 0 saturated heterocycles. The average Bonchev–Trinajstić information content (AvgIpc) is 3.37. The predicted molar refractivity (Wildman–Crippen MR) is 92.0 cm³/mol. The fraction of sp³-hybridized carbons (Fsp3) is 0.350. The number of hydrogen-bond acceptors (Lipinski definition) is 2. The van der Waals surface area contributed by atoms with Crippen molar-refractivity contribution >= 4 is 5.65 Å². The minimum Gasteiger partial charge on any atom is -0.485 e. The first-order valence-corrected chi connectivity index (χ1v) is 8.65. The molecule has 0 radical (unpaired) electrons. The Morgan fingerprint density at radius 2 is 1.96 bits per heavy atom. The second-order valence-corrected chi connectivity index (χ2v) is 6.59. The summed E-state index contributed by atoms with van der Waals surface area (Å²) in [5.74, 6) is -0.0644. The molecule has 5 heteroatoms. The Bertz CT molecular complexity index is 924. The topological polar surface area (TPSA) is 26.5 Å². The van der Waals surface area contributed by atoms with Crippen LogP contribution in [0.1, 0.15) is 48.2 Å². The largest absolute Gasteiger partial charge is 0.485 e. The zero-order valence-corrected chi connectivity index (χ0v) is 14.4. The van der Waals surface area contributed by atoms with Gasteiger partial charge in [0.2, 0.25) is 0 Å². The van der Waals surface area contributed by atoms with Gasteiger partial charge in [0.05, 0.1) is 11.3 Å². The van der Waals surface area contributed by atoms with Crippen LogP contribution in [0.4, 0.5) is 8.78 Å². The third kappa shape index (κ3) is 2.88. The second kappa shape index (κ2) is 6.14. The summed E-state index contributed by atoms with van der Waals surface area (Å²) < 4.78 is 35.6. The van der Waals surface area contributed by atoms with E-state index in [4.69, 9.17) is 4.74 Å². The van der Waals surface area contributed by atoms with Gasteiger partial charge in [-0.15, -0.1) is 0 Å². The van der Waals surface area contributed by atoms with Crippen molar-refractivity contribution in [3.05, 3.63) is 64.6 Å². The summed E-state index contributed by atoms with van der Waals surface area (Å²) in [5, 5.41) is 0. The Morgan fingerprint density at radius 3 is 2.60 bits per heavy atom. The molecule has 130 valence electrons. The van der Waals surface area contributed by atoms with Crippen molar-refractivity contribution < 1.29 is 13.5 Å². The fourth-order valence-electron chi connectivity index (χ4n) is 3.29. The van der Waals surface area contributed by atoms with Crippen molar-refractivity contribution in [2.45, 2.75) is 45.6 Å². The van der Waals surface area contributed by atoms with Crippen LogP contribution >= 0.6 is 0 Å². The molecular formula is C20H20F2N2O. The van der Waals surface area contributed by atoms with Crippen LogP contribution in [-0.2, 0) is 13.0 Å². The highest BCUT2D eigenvalue weighted by atomic mass is 19.1. The lowest BCUT2D eigenvalue weighted by molar-refractivity contribution is 0.294. The first-order chi connectivity index (χ1) is 12.1. The number of nitrogens with zero attached hydrogens (tertiary/aromatic N) is 2. The second-order valence-electron chi connectivity index (χ2n) is 6.59. The zero-order chi connectivity index (χ0) is 17.6. The van der Waals surface area contributed by atoms with Crippen LogP contribution in [0.2, 0.25) is 0 Å². The Hall–Kier alpha value is -2.43. The lowest BCUT2D eigenvalue weighted by atomic mass is 10.2. The van der Waals surface area contributed by atoms with Crippen molar-refractivity contribution in [2.75, 3.05) is 0 Å². The number of pyridine rings is 1. The minimum atomic E-state index is -0.594. The molecule has 1 aliphatic carbocycles. The standard InChI is InChI=1S/C20H20F2N2O/c1-3-18-12(2)23-20-19(9-14(10-24(18)20)13-7-8-13)25-11-15-16(21)5-4-6-17(15)22/h4-6,9-10,13H,3,7-8,11H2,1-2H3. The molecule has 0 N–H and O–H groups in total. The molecule has 0 spiro atoms. The molecule has 0 bridgehead atoms. The van der Waals surface area contributed by atoms with E-state index in [0.717, 1.165) is 17.8 Å². The van der Waals surface area contributed by atoms with E-state index in [1.807, 2.05) is 13.0 Å². The molecule has 3 nitrogen and oxygen atoms in total. The predicted octanol–water partition coefficient (Wildman–Crippen LogP) is 4.94. The number of ether oxygens (including phenoxy) is 1. The fourth-order valence-corrected chi connectivity index (χ4v) is 3.29. The Balaban J connectivity index is 1.75. The summed E-state index contributed by atoms with van der Waals surface area (Å²) in [6, 6.07) is 5.81. The van der Waals surface area contributed by atoms with E-state index in [-0.39, 0.29) is 12.2 Å². The van der Waals surface area contributed by atoms with Crippen molar-refractivity contribution in [3.8, 4) is 5.75 Å². The van der Waals surface area contributed by atoms with E-state index in [1.54, 1.807) is 0 Å². The molecule has 0 aliphatic heterocycles. The third-order valence-electron chi connectivity index (χ3n) is 4.82. The number of imidazole rings is 1. The van der Waals surface area contributed by atoms with E-state index in [2.05, 4.69) is 22.5 Å². The van der Waals surface area contributed by atoms with Gasteiger partial charge in [-0.2, -0.15) is 0 Å². The third-order valence-corrected chi connectivity index (χ3v) is 4.82. The molecule has 0 atom stereocenters. The van der Waals surface area contributed by atoms with Crippen LogP contribution in [0.3, 0.4) is 0 Å². The first-order valence-electron chi connectivity index (χ1n) is 8.65. The van der Waals surface area contributed by atoms with E-state index in [9.17, 15) is 8.78 Å². The van der Waals surface area contributed by atoms with Crippen molar-refractivity contribution in [1.29, 1.82) is 0 Å². The zero-order valence-electron chi connectivity index (χ0n) is 14.4. The molecule has 3 aromatic rings. The van der Waals surface area contributed by atoms with Crippen LogP contribution in [0.25, 0.3) is 5.65 Å². The van der Waals surface area contributed by atoms with Gasteiger partial charge in [0.15, 0.2) is 11.4 Å². The lowest BCUT2D eigenvalue weighted by Crippen LogP contribution is -2.04. The van der Waals surface area contributed by atoms with Crippen LogP contribution in [0.15, 0.2) is 30.5 Å². The van der Waals surface area contributed by atoms with E-state index in [0.29, 0.717) is 17.3 Å². The molecule has 25 heavy (non-hydrogen) atoms. The molecule has 2 heterocycles. The molecule has 1 saturated carbocycles. The van der Waals surface area contributed by atoms with Crippen molar-refractivity contribution in [1.82, 2.24) is 9.38 Å². The summed E-state index contributed by atoms with van der Waals surface area (Å²) in [4.78, 5) is 4.61. The highest BCUT2D eigenvalue weighted by molar-refractivity contribution is 5.58. The van der Waals surface area contributed by atoms with Crippen LogP contribution < -0.4 is 4.74 Å². The highest BCUT2D eigenvalue weighted by Crippen LogP contribution is 2.42. The molecule has 1 fully saturated rings. The van der Waals surface area contributed by atoms with Crippen LogP contribution in [0, 0.1) is 18.6 Å². The van der Waals surface area contributed by atoms with Gasteiger partial charge in [0.1, 0.15) is 18.2 Å². The summed E-state index contributed by atoms with van der Waals surface area (Å²) in [5.41, 5.74) is 3.94.